The summed E-state index contributed by atoms with van der Waals surface area (Å²) in [4.78, 5) is 0. The lowest BCUT2D eigenvalue weighted by molar-refractivity contribution is 1.47. The normalized spacial score (nSPS) is 9.80. The van der Waals surface area contributed by atoms with Gasteiger partial charge in [-0.1, -0.05) is 121 Å². The molecule has 0 aromatic heterocycles. The van der Waals surface area contributed by atoms with E-state index < -0.39 is 0 Å². The van der Waals surface area contributed by atoms with Crippen molar-refractivity contribution in [2.24, 2.45) is 0 Å². The van der Waals surface area contributed by atoms with Gasteiger partial charge in [-0.2, -0.15) is 0 Å². The highest BCUT2D eigenvalue weighted by molar-refractivity contribution is 5.64. The van der Waals surface area contributed by atoms with Crippen LogP contribution in [0.15, 0.2) is 115 Å². The number of hydrogen-bond acceptors (Lipinski definition) is 0. The van der Waals surface area contributed by atoms with E-state index in [1.54, 1.807) is 0 Å². The molecule has 0 atom stereocenters. The minimum absolute atomic E-state index is 1.28. The first-order valence-corrected chi connectivity index (χ1v) is 8.55. The Hall–Kier alpha value is -3.12. The fourth-order valence-corrected chi connectivity index (χ4v) is 2.72. The average molecular weight is 322 g/mol. The molecule has 0 unspecified atom stereocenters. The standard InChI is InChI=1S/C13H12.C12H10/c1-11-6-5-9-13(10-11)12-7-3-2-4-8-12;1-3-7-11(8-4-1)12-9-5-2-6-10-12/h2-10H,1H3;1-10H. The van der Waals surface area contributed by atoms with Crippen LogP contribution in [-0.4, -0.2) is 0 Å². The molecular weight excluding hydrogens is 300 g/mol. The van der Waals surface area contributed by atoms with Gasteiger partial charge < -0.3 is 0 Å². The largest absolute Gasteiger partial charge is 0.0622 e. The van der Waals surface area contributed by atoms with Gasteiger partial charge in [-0.3, -0.25) is 0 Å². The van der Waals surface area contributed by atoms with E-state index in [0.29, 0.717) is 0 Å². The molecule has 0 saturated carbocycles. The molecule has 0 amide bonds. The van der Waals surface area contributed by atoms with Crippen LogP contribution in [0.2, 0.25) is 0 Å². The van der Waals surface area contributed by atoms with Crippen LogP contribution in [0.4, 0.5) is 0 Å². The second-order valence-electron chi connectivity index (χ2n) is 5.97. The van der Waals surface area contributed by atoms with E-state index >= 15 is 0 Å². The zero-order chi connectivity index (χ0) is 17.3. The monoisotopic (exact) mass is 322 g/mol. The second-order valence-corrected chi connectivity index (χ2v) is 5.97. The molecule has 0 heteroatoms. The maximum Gasteiger partial charge on any atom is -0.0181 e. The molecule has 122 valence electrons. The van der Waals surface area contributed by atoms with Crippen molar-refractivity contribution in [2.45, 2.75) is 6.92 Å². The van der Waals surface area contributed by atoms with Gasteiger partial charge in [-0.25, -0.2) is 0 Å². The minimum Gasteiger partial charge on any atom is -0.0622 e. The summed E-state index contributed by atoms with van der Waals surface area (Å²) in [6.45, 7) is 2.12. The molecule has 0 nitrogen and oxygen atoms in total. The van der Waals surface area contributed by atoms with Gasteiger partial charge in [-0.05, 0) is 29.2 Å². The minimum atomic E-state index is 1.28. The van der Waals surface area contributed by atoms with Crippen LogP contribution in [0.5, 0.6) is 0 Å². The van der Waals surface area contributed by atoms with E-state index in [4.69, 9.17) is 0 Å². The highest BCUT2D eigenvalue weighted by atomic mass is 14.0. The summed E-state index contributed by atoms with van der Waals surface area (Å²) in [6.07, 6.45) is 0. The average Bonchev–Trinajstić information content (AvgIpc) is 2.71. The Labute approximate surface area is 150 Å². The summed E-state index contributed by atoms with van der Waals surface area (Å²) in [5, 5.41) is 0. The molecule has 0 saturated heterocycles. The molecule has 0 radical (unpaired) electrons. The first-order chi connectivity index (χ1) is 12.3. The van der Waals surface area contributed by atoms with Crippen LogP contribution in [0.3, 0.4) is 0 Å². The zero-order valence-electron chi connectivity index (χ0n) is 14.5. The molecule has 0 fully saturated rings. The molecule has 0 bridgehead atoms. The van der Waals surface area contributed by atoms with Gasteiger partial charge >= 0.3 is 0 Å². The van der Waals surface area contributed by atoms with Crippen molar-refractivity contribution in [2.75, 3.05) is 0 Å². The SMILES string of the molecule is Cc1cccc(-c2ccccc2)c1.c1ccc(-c2ccccc2)cc1. The quantitative estimate of drug-likeness (QED) is 0.372. The molecule has 0 aliphatic heterocycles. The molecule has 4 rings (SSSR count). The molecule has 4 aromatic rings. The molecule has 0 heterocycles. The van der Waals surface area contributed by atoms with Gasteiger partial charge in [0.15, 0.2) is 0 Å². The van der Waals surface area contributed by atoms with Crippen molar-refractivity contribution in [1.82, 2.24) is 0 Å². The summed E-state index contributed by atoms with van der Waals surface area (Å²) in [5.41, 5.74) is 6.43. The predicted molar refractivity (Wildman–Crippen MR) is 108 cm³/mol. The first kappa shape index (κ1) is 16.7. The fourth-order valence-electron chi connectivity index (χ4n) is 2.72. The summed E-state index contributed by atoms with van der Waals surface area (Å²) in [7, 11) is 0. The van der Waals surface area contributed by atoms with E-state index in [9.17, 15) is 0 Å². The van der Waals surface area contributed by atoms with Crippen molar-refractivity contribution in [3.05, 3.63) is 121 Å². The Morgan fingerprint density at radius 3 is 1.12 bits per heavy atom. The number of hydrogen-bond donors (Lipinski definition) is 0. The van der Waals surface area contributed by atoms with Gasteiger partial charge in [-0.15, -0.1) is 0 Å². The Morgan fingerprint density at radius 2 is 0.720 bits per heavy atom. The Bertz CT molecular complexity index is 841. The predicted octanol–water partition coefficient (Wildman–Crippen LogP) is 7.02. The molecular formula is C25H22. The maximum absolute atomic E-state index is 2.20. The maximum atomic E-state index is 2.20. The molecule has 4 aromatic carbocycles. The van der Waals surface area contributed by atoms with Crippen molar-refractivity contribution in [3.8, 4) is 22.3 Å². The zero-order valence-corrected chi connectivity index (χ0v) is 14.5. The molecule has 0 aliphatic carbocycles. The smallest absolute Gasteiger partial charge is 0.0181 e. The Kier molecular flexibility index (Phi) is 5.79. The number of benzene rings is 4. The van der Waals surface area contributed by atoms with Crippen LogP contribution < -0.4 is 0 Å². The second kappa shape index (κ2) is 8.65. The van der Waals surface area contributed by atoms with Crippen LogP contribution in [-0.2, 0) is 0 Å². The van der Waals surface area contributed by atoms with E-state index in [2.05, 4.69) is 104 Å². The van der Waals surface area contributed by atoms with Crippen molar-refractivity contribution >= 4 is 0 Å². The number of aryl methyl sites for hydroxylation is 1. The highest BCUT2D eigenvalue weighted by Crippen LogP contribution is 2.19. The van der Waals surface area contributed by atoms with Gasteiger partial charge in [0, 0.05) is 0 Å². The van der Waals surface area contributed by atoms with Gasteiger partial charge in [0.25, 0.3) is 0 Å². The lowest BCUT2D eigenvalue weighted by Crippen LogP contribution is -1.77. The van der Waals surface area contributed by atoms with Gasteiger partial charge in [0.1, 0.15) is 0 Å². The third kappa shape index (κ3) is 4.92. The van der Waals surface area contributed by atoms with E-state index in [1.807, 2.05) is 18.2 Å². The molecule has 0 spiro atoms. The van der Waals surface area contributed by atoms with Crippen LogP contribution in [0, 0.1) is 6.92 Å². The fraction of sp³-hybridized carbons (Fsp3) is 0.0400. The Balaban J connectivity index is 0.000000146. The number of rotatable bonds is 2. The van der Waals surface area contributed by atoms with Crippen LogP contribution >= 0.6 is 0 Å². The Morgan fingerprint density at radius 1 is 0.360 bits per heavy atom. The van der Waals surface area contributed by atoms with Crippen molar-refractivity contribution in [3.63, 3.8) is 0 Å². The van der Waals surface area contributed by atoms with E-state index in [-0.39, 0.29) is 0 Å². The van der Waals surface area contributed by atoms with Gasteiger partial charge in [0.2, 0.25) is 0 Å². The summed E-state index contributed by atoms with van der Waals surface area (Å²) in [6, 6.07) is 39.8. The summed E-state index contributed by atoms with van der Waals surface area (Å²) < 4.78 is 0. The topological polar surface area (TPSA) is 0 Å². The lowest BCUT2D eigenvalue weighted by atomic mass is 10.0. The first-order valence-electron chi connectivity index (χ1n) is 8.55. The van der Waals surface area contributed by atoms with Crippen LogP contribution in [0.25, 0.3) is 22.3 Å². The third-order valence-electron chi connectivity index (χ3n) is 4.01. The highest BCUT2D eigenvalue weighted by Gasteiger charge is 1.94. The van der Waals surface area contributed by atoms with Crippen molar-refractivity contribution in [1.29, 1.82) is 0 Å². The molecule has 25 heavy (non-hydrogen) atoms. The van der Waals surface area contributed by atoms with Crippen LogP contribution in [0.1, 0.15) is 5.56 Å². The molecule has 0 aliphatic rings. The molecule has 0 N–H and O–H groups in total. The van der Waals surface area contributed by atoms with Crippen molar-refractivity contribution < 1.29 is 0 Å². The lowest BCUT2D eigenvalue weighted by Gasteiger charge is -2.01. The van der Waals surface area contributed by atoms with E-state index in [0.717, 1.165) is 0 Å². The summed E-state index contributed by atoms with van der Waals surface area (Å²) >= 11 is 0. The summed E-state index contributed by atoms with van der Waals surface area (Å²) in [5.74, 6) is 0. The van der Waals surface area contributed by atoms with E-state index in [1.165, 1.54) is 27.8 Å². The van der Waals surface area contributed by atoms with Gasteiger partial charge in [0.05, 0.1) is 0 Å². The third-order valence-corrected chi connectivity index (χ3v) is 4.01.